The van der Waals surface area contributed by atoms with E-state index in [9.17, 15) is 4.39 Å². The van der Waals surface area contributed by atoms with E-state index in [0.717, 1.165) is 28.5 Å². The largest absolute Gasteiger partial charge is 0.367 e. The van der Waals surface area contributed by atoms with Gasteiger partial charge in [0, 0.05) is 47.6 Å². The van der Waals surface area contributed by atoms with Gasteiger partial charge in [-0.3, -0.25) is 4.98 Å². The predicted octanol–water partition coefficient (Wildman–Crippen LogP) is 5.36. The van der Waals surface area contributed by atoms with Crippen molar-refractivity contribution in [1.29, 1.82) is 0 Å². The predicted molar refractivity (Wildman–Crippen MR) is 110 cm³/mol. The number of imidazole rings is 1. The molecule has 0 aliphatic heterocycles. The van der Waals surface area contributed by atoms with Crippen molar-refractivity contribution in [3.05, 3.63) is 95.9 Å². The highest BCUT2D eigenvalue weighted by atomic mass is 35.5. The van der Waals surface area contributed by atoms with Crippen LogP contribution in [0.2, 0.25) is 5.02 Å². The zero-order valence-electron chi connectivity index (χ0n) is 15.3. The fourth-order valence-corrected chi connectivity index (χ4v) is 3.13. The summed E-state index contributed by atoms with van der Waals surface area (Å²) in [6, 6.07) is 17.9. The van der Waals surface area contributed by atoms with Gasteiger partial charge in [0.15, 0.2) is 0 Å². The topological polar surface area (TPSA) is 34.0 Å². The molecule has 4 aromatic rings. The molecule has 0 radical (unpaired) electrons. The van der Waals surface area contributed by atoms with Crippen molar-refractivity contribution in [2.24, 2.45) is 0 Å². The van der Waals surface area contributed by atoms with E-state index in [1.165, 1.54) is 12.1 Å². The van der Waals surface area contributed by atoms with Gasteiger partial charge in [0.25, 0.3) is 0 Å². The Morgan fingerprint density at radius 3 is 2.46 bits per heavy atom. The van der Waals surface area contributed by atoms with Crippen LogP contribution in [-0.2, 0) is 6.54 Å². The summed E-state index contributed by atoms with van der Waals surface area (Å²) < 4.78 is 15.3. The molecule has 0 aliphatic rings. The number of nitrogens with zero attached hydrogens (tertiary/aromatic N) is 4. The highest BCUT2D eigenvalue weighted by Crippen LogP contribution is 2.24. The van der Waals surface area contributed by atoms with Crippen LogP contribution in [0.5, 0.6) is 0 Å². The molecule has 4 nitrogen and oxygen atoms in total. The Balaban J connectivity index is 1.72. The number of anilines is 1. The monoisotopic (exact) mass is 392 g/mol. The highest BCUT2D eigenvalue weighted by molar-refractivity contribution is 6.30. The molecule has 0 saturated heterocycles. The van der Waals surface area contributed by atoms with E-state index in [1.807, 2.05) is 59.1 Å². The Morgan fingerprint density at radius 2 is 1.79 bits per heavy atom. The Kier molecular flexibility index (Phi) is 5.08. The molecule has 0 spiro atoms. The standard InChI is InChI=1S/C22H18ClFN4/c1-27(19-10-6-18(24)7-11-19)15-22-26-21(16-3-2-12-25-13-16)14-28(22)20-8-4-17(23)5-9-20/h2-14H,15H2,1H3. The second-order valence-corrected chi connectivity index (χ2v) is 6.90. The molecule has 0 unspecified atom stereocenters. The molecule has 0 atom stereocenters. The lowest BCUT2D eigenvalue weighted by Gasteiger charge is -2.19. The van der Waals surface area contributed by atoms with E-state index in [4.69, 9.17) is 16.6 Å². The number of hydrogen-bond acceptors (Lipinski definition) is 3. The van der Waals surface area contributed by atoms with Gasteiger partial charge in [0.05, 0.1) is 12.2 Å². The molecule has 2 aromatic carbocycles. The van der Waals surface area contributed by atoms with Gasteiger partial charge in [0.2, 0.25) is 0 Å². The summed E-state index contributed by atoms with van der Waals surface area (Å²) in [5, 5.41) is 0.682. The zero-order valence-corrected chi connectivity index (χ0v) is 16.0. The van der Waals surface area contributed by atoms with Gasteiger partial charge in [-0.2, -0.15) is 0 Å². The molecular formula is C22H18ClFN4. The lowest BCUT2D eigenvalue weighted by atomic mass is 10.2. The van der Waals surface area contributed by atoms with Crippen molar-refractivity contribution < 1.29 is 4.39 Å². The van der Waals surface area contributed by atoms with Crippen LogP contribution >= 0.6 is 11.6 Å². The summed E-state index contributed by atoms with van der Waals surface area (Å²) in [7, 11) is 1.96. The SMILES string of the molecule is CN(Cc1nc(-c2cccnc2)cn1-c1ccc(Cl)cc1)c1ccc(F)cc1. The maximum absolute atomic E-state index is 13.2. The van der Waals surface area contributed by atoms with Crippen LogP contribution in [-0.4, -0.2) is 21.6 Å². The summed E-state index contributed by atoms with van der Waals surface area (Å²) in [4.78, 5) is 11.1. The zero-order chi connectivity index (χ0) is 19.5. The molecule has 0 amide bonds. The molecule has 0 N–H and O–H groups in total. The number of rotatable bonds is 5. The van der Waals surface area contributed by atoms with Gasteiger partial charge in [-0.1, -0.05) is 11.6 Å². The van der Waals surface area contributed by atoms with E-state index in [0.29, 0.717) is 11.6 Å². The molecule has 6 heteroatoms. The highest BCUT2D eigenvalue weighted by Gasteiger charge is 2.14. The summed E-state index contributed by atoms with van der Waals surface area (Å²) >= 11 is 6.05. The maximum atomic E-state index is 13.2. The second-order valence-electron chi connectivity index (χ2n) is 6.46. The molecule has 28 heavy (non-hydrogen) atoms. The molecule has 4 rings (SSSR count). The minimum Gasteiger partial charge on any atom is -0.367 e. The Hall–Kier alpha value is -3.18. The van der Waals surface area contributed by atoms with E-state index >= 15 is 0 Å². The first-order chi connectivity index (χ1) is 13.6. The molecule has 0 saturated carbocycles. The maximum Gasteiger partial charge on any atom is 0.133 e. The van der Waals surface area contributed by atoms with E-state index in [-0.39, 0.29) is 5.82 Å². The minimum absolute atomic E-state index is 0.251. The summed E-state index contributed by atoms with van der Waals surface area (Å²) in [6.45, 7) is 0.550. The third kappa shape index (κ3) is 3.89. The molecule has 0 fully saturated rings. The van der Waals surface area contributed by atoms with Crippen molar-refractivity contribution in [3.63, 3.8) is 0 Å². The van der Waals surface area contributed by atoms with E-state index in [2.05, 4.69) is 4.98 Å². The van der Waals surface area contributed by atoms with Crippen LogP contribution in [0.4, 0.5) is 10.1 Å². The lowest BCUT2D eigenvalue weighted by molar-refractivity contribution is 0.627. The normalized spacial score (nSPS) is 10.8. The quantitative estimate of drug-likeness (QED) is 0.458. The average molecular weight is 393 g/mol. The Labute approximate surface area is 167 Å². The van der Waals surface area contributed by atoms with Crippen LogP contribution in [0.3, 0.4) is 0 Å². The lowest BCUT2D eigenvalue weighted by Crippen LogP contribution is -2.19. The third-order valence-electron chi connectivity index (χ3n) is 4.49. The summed E-state index contributed by atoms with van der Waals surface area (Å²) in [5.74, 6) is 0.603. The van der Waals surface area contributed by atoms with Crippen LogP contribution in [0.25, 0.3) is 16.9 Å². The first kappa shape index (κ1) is 18.2. The molecular weight excluding hydrogens is 375 g/mol. The average Bonchev–Trinajstić information content (AvgIpc) is 3.13. The minimum atomic E-state index is -0.251. The molecule has 2 aromatic heterocycles. The fraction of sp³-hybridized carbons (Fsp3) is 0.0909. The van der Waals surface area contributed by atoms with Gasteiger partial charge < -0.3 is 9.47 Å². The summed E-state index contributed by atoms with van der Waals surface area (Å²) in [6.07, 6.45) is 5.53. The van der Waals surface area contributed by atoms with Crippen molar-refractivity contribution in [3.8, 4) is 16.9 Å². The van der Waals surface area contributed by atoms with E-state index in [1.54, 1.807) is 24.5 Å². The van der Waals surface area contributed by atoms with Gasteiger partial charge >= 0.3 is 0 Å². The first-order valence-corrected chi connectivity index (χ1v) is 9.19. The van der Waals surface area contributed by atoms with Gasteiger partial charge in [0.1, 0.15) is 11.6 Å². The summed E-state index contributed by atoms with van der Waals surface area (Å²) in [5.41, 5.74) is 3.66. The Bertz CT molecular complexity index is 1060. The van der Waals surface area contributed by atoms with Crippen molar-refractivity contribution in [1.82, 2.24) is 14.5 Å². The van der Waals surface area contributed by atoms with Gasteiger partial charge in [-0.25, -0.2) is 9.37 Å². The van der Waals surface area contributed by atoms with E-state index < -0.39 is 0 Å². The molecule has 0 bridgehead atoms. The van der Waals surface area contributed by atoms with Crippen LogP contribution in [0.15, 0.2) is 79.3 Å². The van der Waals surface area contributed by atoms with Gasteiger partial charge in [-0.15, -0.1) is 0 Å². The molecule has 0 aliphatic carbocycles. The van der Waals surface area contributed by atoms with Crippen molar-refractivity contribution in [2.75, 3.05) is 11.9 Å². The first-order valence-electron chi connectivity index (χ1n) is 8.81. The number of halogens is 2. The number of pyridine rings is 1. The second kappa shape index (κ2) is 7.82. The Morgan fingerprint density at radius 1 is 1.04 bits per heavy atom. The van der Waals surface area contributed by atoms with Gasteiger partial charge in [-0.05, 0) is 60.7 Å². The van der Waals surface area contributed by atoms with Crippen LogP contribution in [0.1, 0.15) is 5.82 Å². The van der Waals surface area contributed by atoms with Crippen molar-refractivity contribution >= 4 is 17.3 Å². The number of aromatic nitrogens is 3. The van der Waals surface area contributed by atoms with Crippen LogP contribution in [0, 0.1) is 5.82 Å². The third-order valence-corrected chi connectivity index (χ3v) is 4.74. The fourth-order valence-electron chi connectivity index (χ4n) is 3.01. The smallest absolute Gasteiger partial charge is 0.133 e. The van der Waals surface area contributed by atoms with Crippen LogP contribution < -0.4 is 4.90 Å². The molecule has 140 valence electrons. The number of hydrogen-bond donors (Lipinski definition) is 0. The van der Waals surface area contributed by atoms with Crippen molar-refractivity contribution in [2.45, 2.75) is 6.54 Å². The molecule has 2 heterocycles. The number of benzene rings is 2.